The summed E-state index contributed by atoms with van der Waals surface area (Å²) in [5.74, 6) is 2.23. The predicted molar refractivity (Wildman–Crippen MR) is 75.1 cm³/mol. The van der Waals surface area contributed by atoms with Crippen LogP contribution in [0.3, 0.4) is 0 Å². The summed E-state index contributed by atoms with van der Waals surface area (Å²) in [6.07, 6.45) is 1.56. The van der Waals surface area contributed by atoms with Gasteiger partial charge in [0.25, 0.3) is 0 Å². The van der Waals surface area contributed by atoms with Crippen molar-refractivity contribution in [2.24, 2.45) is 5.92 Å². The van der Waals surface area contributed by atoms with Crippen LogP contribution in [0, 0.1) is 5.92 Å². The Balaban J connectivity index is 2.03. The van der Waals surface area contributed by atoms with E-state index >= 15 is 0 Å². The Morgan fingerprint density at radius 3 is 2.50 bits per heavy atom. The van der Waals surface area contributed by atoms with Gasteiger partial charge in [0, 0.05) is 18.3 Å². The molecule has 0 aliphatic rings. The highest BCUT2D eigenvalue weighted by Gasteiger charge is 2.00. The standard InChI is InChI=1S/C14H18N4/c1-11(2)9-15-13-8-14(17-10-16-13)18-12-6-4-3-5-7-12/h3-8,10-11H,9H2,1-2H3,(H2,15,16,17,18). The van der Waals surface area contributed by atoms with Gasteiger partial charge in [0.1, 0.15) is 18.0 Å². The molecule has 0 spiro atoms. The monoisotopic (exact) mass is 242 g/mol. The molecule has 0 saturated carbocycles. The van der Waals surface area contributed by atoms with Crippen molar-refractivity contribution < 1.29 is 0 Å². The average molecular weight is 242 g/mol. The van der Waals surface area contributed by atoms with E-state index in [0.717, 1.165) is 23.9 Å². The Kier molecular flexibility index (Phi) is 4.12. The van der Waals surface area contributed by atoms with Gasteiger partial charge in [0.05, 0.1) is 0 Å². The molecule has 0 aliphatic carbocycles. The fraction of sp³-hybridized carbons (Fsp3) is 0.286. The third kappa shape index (κ3) is 3.73. The summed E-state index contributed by atoms with van der Waals surface area (Å²) in [4.78, 5) is 8.39. The van der Waals surface area contributed by atoms with Crippen molar-refractivity contribution in [2.45, 2.75) is 13.8 Å². The lowest BCUT2D eigenvalue weighted by molar-refractivity contribution is 0.687. The molecule has 4 heteroatoms. The van der Waals surface area contributed by atoms with Crippen LogP contribution in [-0.2, 0) is 0 Å². The van der Waals surface area contributed by atoms with Crippen LogP contribution in [0.5, 0.6) is 0 Å². The van der Waals surface area contributed by atoms with Crippen LogP contribution in [0.25, 0.3) is 0 Å². The lowest BCUT2D eigenvalue weighted by atomic mass is 10.2. The third-order valence-electron chi connectivity index (χ3n) is 2.40. The lowest BCUT2D eigenvalue weighted by Crippen LogP contribution is -2.09. The van der Waals surface area contributed by atoms with Gasteiger partial charge >= 0.3 is 0 Å². The molecule has 0 atom stereocenters. The Morgan fingerprint density at radius 2 is 1.78 bits per heavy atom. The normalized spacial score (nSPS) is 10.4. The predicted octanol–water partition coefficient (Wildman–Crippen LogP) is 3.29. The number of benzene rings is 1. The number of nitrogens with one attached hydrogen (secondary N) is 2. The summed E-state index contributed by atoms with van der Waals surface area (Å²) in [6, 6.07) is 11.9. The van der Waals surface area contributed by atoms with Crippen molar-refractivity contribution in [1.82, 2.24) is 9.97 Å². The van der Waals surface area contributed by atoms with Crippen LogP contribution in [-0.4, -0.2) is 16.5 Å². The molecule has 2 rings (SSSR count). The van der Waals surface area contributed by atoms with Gasteiger partial charge in [-0.15, -0.1) is 0 Å². The molecule has 2 aromatic rings. The minimum Gasteiger partial charge on any atom is -0.370 e. The summed E-state index contributed by atoms with van der Waals surface area (Å²) in [5.41, 5.74) is 1.02. The Morgan fingerprint density at radius 1 is 1.06 bits per heavy atom. The third-order valence-corrected chi connectivity index (χ3v) is 2.40. The van der Waals surface area contributed by atoms with Crippen molar-refractivity contribution in [3.63, 3.8) is 0 Å². The van der Waals surface area contributed by atoms with E-state index in [-0.39, 0.29) is 0 Å². The largest absolute Gasteiger partial charge is 0.370 e. The molecule has 0 amide bonds. The summed E-state index contributed by atoms with van der Waals surface area (Å²) >= 11 is 0. The molecule has 1 aromatic carbocycles. The van der Waals surface area contributed by atoms with E-state index in [1.807, 2.05) is 36.4 Å². The van der Waals surface area contributed by atoms with Crippen LogP contribution in [0.15, 0.2) is 42.7 Å². The van der Waals surface area contributed by atoms with Gasteiger partial charge in [-0.1, -0.05) is 32.0 Å². The van der Waals surface area contributed by atoms with Crippen LogP contribution < -0.4 is 10.6 Å². The van der Waals surface area contributed by atoms with Gasteiger partial charge in [0.2, 0.25) is 0 Å². The van der Waals surface area contributed by atoms with Crippen molar-refractivity contribution >= 4 is 17.3 Å². The fourth-order valence-electron chi connectivity index (χ4n) is 1.50. The second-order valence-corrected chi connectivity index (χ2v) is 4.55. The maximum Gasteiger partial charge on any atom is 0.135 e. The Hall–Kier alpha value is -2.10. The summed E-state index contributed by atoms with van der Waals surface area (Å²) < 4.78 is 0. The van der Waals surface area contributed by atoms with E-state index in [1.54, 1.807) is 6.33 Å². The number of hydrogen-bond acceptors (Lipinski definition) is 4. The molecule has 0 fully saturated rings. The zero-order chi connectivity index (χ0) is 12.8. The minimum absolute atomic E-state index is 0.588. The first kappa shape index (κ1) is 12.4. The van der Waals surface area contributed by atoms with Crippen LogP contribution in [0.4, 0.5) is 17.3 Å². The first-order valence-electron chi connectivity index (χ1n) is 6.12. The van der Waals surface area contributed by atoms with Crippen LogP contribution in [0.1, 0.15) is 13.8 Å². The number of rotatable bonds is 5. The highest BCUT2D eigenvalue weighted by Crippen LogP contribution is 2.15. The molecule has 0 unspecified atom stereocenters. The number of para-hydroxylation sites is 1. The summed E-state index contributed by atoms with van der Waals surface area (Å²) in [6.45, 7) is 5.23. The highest BCUT2D eigenvalue weighted by molar-refractivity contribution is 5.58. The number of nitrogens with zero attached hydrogens (tertiary/aromatic N) is 2. The van der Waals surface area contributed by atoms with Crippen molar-refractivity contribution in [2.75, 3.05) is 17.2 Å². The van der Waals surface area contributed by atoms with Gasteiger partial charge in [0.15, 0.2) is 0 Å². The molecule has 1 aromatic heterocycles. The van der Waals surface area contributed by atoms with Gasteiger partial charge < -0.3 is 10.6 Å². The molecular formula is C14H18N4. The zero-order valence-electron chi connectivity index (χ0n) is 10.7. The minimum atomic E-state index is 0.588. The molecule has 1 heterocycles. The Labute approximate surface area is 107 Å². The maximum absolute atomic E-state index is 4.20. The van der Waals surface area contributed by atoms with Gasteiger partial charge in [-0.3, -0.25) is 0 Å². The molecule has 0 saturated heterocycles. The van der Waals surface area contributed by atoms with Crippen molar-refractivity contribution in [1.29, 1.82) is 0 Å². The Bertz CT molecular complexity index is 482. The summed E-state index contributed by atoms with van der Waals surface area (Å²) in [5, 5.41) is 6.52. The molecule has 18 heavy (non-hydrogen) atoms. The SMILES string of the molecule is CC(C)CNc1cc(Nc2ccccc2)ncn1. The molecule has 94 valence electrons. The summed E-state index contributed by atoms with van der Waals surface area (Å²) in [7, 11) is 0. The van der Waals surface area contributed by atoms with Crippen LogP contribution >= 0.6 is 0 Å². The second-order valence-electron chi connectivity index (χ2n) is 4.55. The van der Waals surface area contributed by atoms with E-state index in [9.17, 15) is 0 Å². The number of hydrogen-bond donors (Lipinski definition) is 2. The molecular weight excluding hydrogens is 224 g/mol. The van der Waals surface area contributed by atoms with E-state index in [1.165, 1.54) is 0 Å². The quantitative estimate of drug-likeness (QED) is 0.844. The zero-order valence-corrected chi connectivity index (χ0v) is 10.7. The molecule has 2 N–H and O–H groups in total. The van der Waals surface area contributed by atoms with E-state index in [4.69, 9.17) is 0 Å². The van der Waals surface area contributed by atoms with E-state index in [0.29, 0.717) is 5.92 Å². The highest BCUT2D eigenvalue weighted by atomic mass is 15.1. The van der Waals surface area contributed by atoms with Crippen molar-refractivity contribution in [3.05, 3.63) is 42.7 Å². The average Bonchev–Trinajstić information content (AvgIpc) is 2.38. The molecule has 4 nitrogen and oxygen atoms in total. The lowest BCUT2D eigenvalue weighted by Gasteiger charge is -2.09. The van der Waals surface area contributed by atoms with E-state index in [2.05, 4.69) is 34.4 Å². The van der Waals surface area contributed by atoms with Gasteiger partial charge in [-0.05, 0) is 18.1 Å². The van der Waals surface area contributed by atoms with E-state index < -0.39 is 0 Å². The smallest absolute Gasteiger partial charge is 0.135 e. The van der Waals surface area contributed by atoms with Gasteiger partial charge in [-0.2, -0.15) is 0 Å². The van der Waals surface area contributed by atoms with Gasteiger partial charge in [-0.25, -0.2) is 9.97 Å². The number of aromatic nitrogens is 2. The molecule has 0 radical (unpaired) electrons. The van der Waals surface area contributed by atoms with Crippen molar-refractivity contribution in [3.8, 4) is 0 Å². The molecule has 0 aliphatic heterocycles. The first-order chi connectivity index (χ1) is 8.74. The number of anilines is 3. The molecule has 0 bridgehead atoms. The fourth-order valence-corrected chi connectivity index (χ4v) is 1.50. The topological polar surface area (TPSA) is 49.8 Å². The second kappa shape index (κ2) is 6.00. The van der Waals surface area contributed by atoms with Crippen LogP contribution in [0.2, 0.25) is 0 Å². The maximum atomic E-state index is 4.20. The first-order valence-corrected chi connectivity index (χ1v) is 6.12.